The second kappa shape index (κ2) is 16.2. The zero-order valence-electron chi connectivity index (χ0n) is 26.0. The van der Waals surface area contributed by atoms with Gasteiger partial charge in [0.1, 0.15) is 18.0 Å². The van der Waals surface area contributed by atoms with Crippen LogP contribution in [0.3, 0.4) is 0 Å². The van der Waals surface area contributed by atoms with E-state index in [0.717, 1.165) is 27.8 Å². The van der Waals surface area contributed by atoms with Crippen molar-refractivity contribution >= 4 is 29.3 Å². The second-order valence-corrected chi connectivity index (χ2v) is 10.6. The van der Waals surface area contributed by atoms with Crippen LogP contribution in [0.2, 0.25) is 0 Å². The van der Waals surface area contributed by atoms with E-state index in [1.165, 1.54) is 6.20 Å². The monoisotopic (exact) mass is 626 g/mol. The molecule has 4 aromatic rings. The van der Waals surface area contributed by atoms with Crippen molar-refractivity contribution in [1.82, 2.24) is 20.2 Å². The third-order valence-electron chi connectivity index (χ3n) is 7.26. The van der Waals surface area contributed by atoms with Gasteiger partial charge < -0.3 is 30.9 Å². The summed E-state index contributed by atoms with van der Waals surface area (Å²) in [7, 11) is 1.90. The molecule has 0 spiro atoms. The lowest BCUT2D eigenvalue weighted by Gasteiger charge is -2.17. The number of hydrogen-bond donors (Lipinski definition) is 5. The molecule has 3 amide bonds. The van der Waals surface area contributed by atoms with Crippen molar-refractivity contribution < 1.29 is 29.3 Å². The smallest absolute Gasteiger partial charge is 0.407 e. The molecule has 0 aliphatic carbocycles. The largest absolute Gasteiger partial charge is 0.447 e. The molecule has 2 heterocycles. The predicted octanol–water partition coefficient (Wildman–Crippen LogP) is 3.91. The van der Waals surface area contributed by atoms with Crippen LogP contribution in [0.1, 0.15) is 43.2 Å². The molecule has 2 aromatic heterocycles. The maximum Gasteiger partial charge on any atom is 0.407 e. The van der Waals surface area contributed by atoms with E-state index < -0.39 is 12.0 Å². The number of hydrogen-bond acceptors (Lipinski definition) is 9. The summed E-state index contributed by atoms with van der Waals surface area (Å²) in [5, 5.41) is 26.3. The maximum absolute atomic E-state index is 13.0. The van der Waals surface area contributed by atoms with Crippen molar-refractivity contribution in [3.8, 4) is 11.1 Å². The predicted molar refractivity (Wildman–Crippen MR) is 174 cm³/mol. The molecular weight excluding hydrogens is 588 g/mol. The van der Waals surface area contributed by atoms with Gasteiger partial charge in [0.25, 0.3) is 11.8 Å². The van der Waals surface area contributed by atoms with Crippen molar-refractivity contribution in [2.24, 2.45) is 0 Å². The number of aromatic nitrogens is 2. The number of pyridine rings is 2. The summed E-state index contributed by atoms with van der Waals surface area (Å²) in [6.45, 7) is 4.88. The number of rotatable bonds is 13. The molecule has 46 heavy (non-hydrogen) atoms. The summed E-state index contributed by atoms with van der Waals surface area (Å²) in [6.07, 6.45) is 2.50. The van der Waals surface area contributed by atoms with E-state index in [2.05, 4.69) is 25.9 Å². The van der Waals surface area contributed by atoms with Gasteiger partial charge in [0, 0.05) is 43.4 Å². The van der Waals surface area contributed by atoms with Crippen molar-refractivity contribution in [1.29, 1.82) is 0 Å². The van der Waals surface area contributed by atoms with Gasteiger partial charge >= 0.3 is 6.09 Å². The molecule has 12 nitrogen and oxygen atoms in total. The minimum absolute atomic E-state index is 0.0720. The zero-order valence-corrected chi connectivity index (χ0v) is 26.0. The average molecular weight is 627 g/mol. The number of nitrogens with zero attached hydrogens (tertiary/aromatic N) is 3. The fraction of sp³-hybridized carbons (Fsp3) is 0.265. The Balaban J connectivity index is 1.43. The molecule has 12 heteroatoms. The Kier molecular flexibility index (Phi) is 11.9. The number of ether oxygens (including phenoxy) is 1. The highest BCUT2D eigenvalue weighted by atomic mass is 16.6. The Morgan fingerprint density at radius 2 is 1.30 bits per heavy atom. The van der Waals surface area contributed by atoms with Gasteiger partial charge in [-0.2, -0.15) is 0 Å². The standard InChI is InChI=1S/C34H38N6O6/c1-22-26(6-4-8-28(22)38-32(43)30-12-10-24(18-35-30)19-37-34(45)46-17-16-42)27-7-5-9-29(23(27)2)39-33(44)31-13-11-25(20-36-31)21-40(3)14-15-41/h4-13,18,20,41-42H,14-17,19,21H2,1-3H3,(H,37,45)(H,38,43)(H,39,44). The van der Waals surface area contributed by atoms with E-state index in [1.807, 2.05) is 68.3 Å². The number of amides is 3. The lowest BCUT2D eigenvalue weighted by Crippen LogP contribution is -2.25. The molecular formula is C34H38N6O6. The van der Waals surface area contributed by atoms with E-state index in [-0.39, 0.29) is 43.7 Å². The van der Waals surface area contributed by atoms with E-state index in [1.54, 1.807) is 24.4 Å². The fourth-order valence-corrected chi connectivity index (χ4v) is 4.74. The molecule has 2 aromatic carbocycles. The van der Waals surface area contributed by atoms with Crippen LogP contribution in [0.4, 0.5) is 16.2 Å². The summed E-state index contributed by atoms with van der Waals surface area (Å²) in [6, 6.07) is 18.1. The first-order chi connectivity index (χ1) is 22.2. The van der Waals surface area contributed by atoms with Crippen LogP contribution < -0.4 is 16.0 Å². The molecule has 0 saturated carbocycles. The summed E-state index contributed by atoms with van der Waals surface area (Å²) < 4.78 is 4.75. The SMILES string of the molecule is Cc1c(NC(=O)c2ccc(CNC(=O)OCCO)cn2)cccc1-c1cccc(NC(=O)c2ccc(CN(C)CCO)cn2)c1C. The minimum Gasteiger partial charge on any atom is -0.447 e. The third kappa shape index (κ3) is 8.94. The van der Waals surface area contributed by atoms with Crippen LogP contribution in [0, 0.1) is 13.8 Å². The number of likely N-dealkylation sites (N-methyl/N-ethyl adjacent to an activating group) is 1. The highest BCUT2D eigenvalue weighted by Crippen LogP contribution is 2.34. The number of carbonyl (C=O) groups is 3. The van der Waals surface area contributed by atoms with Gasteiger partial charge in [-0.15, -0.1) is 0 Å². The van der Waals surface area contributed by atoms with Gasteiger partial charge in [-0.25, -0.2) is 4.79 Å². The van der Waals surface area contributed by atoms with Crippen molar-refractivity contribution in [3.05, 3.63) is 107 Å². The van der Waals surface area contributed by atoms with Crippen LogP contribution in [0.5, 0.6) is 0 Å². The van der Waals surface area contributed by atoms with Crippen molar-refractivity contribution in [3.63, 3.8) is 0 Å². The molecule has 0 aliphatic heterocycles. The molecule has 4 rings (SSSR count). The summed E-state index contributed by atoms with van der Waals surface area (Å²) >= 11 is 0. The molecule has 0 unspecified atom stereocenters. The van der Waals surface area contributed by atoms with Crippen LogP contribution in [0.25, 0.3) is 11.1 Å². The number of nitrogens with one attached hydrogen (secondary N) is 3. The topological polar surface area (TPSA) is 166 Å². The van der Waals surface area contributed by atoms with Gasteiger partial charge in [-0.3, -0.25) is 24.5 Å². The lowest BCUT2D eigenvalue weighted by atomic mass is 9.94. The van der Waals surface area contributed by atoms with Crippen molar-refractivity contribution in [2.45, 2.75) is 26.9 Å². The molecule has 0 aliphatic rings. The number of benzene rings is 2. The first kappa shape index (κ1) is 33.7. The Morgan fingerprint density at radius 1 is 0.761 bits per heavy atom. The van der Waals surface area contributed by atoms with E-state index in [4.69, 9.17) is 14.9 Å². The molecule has 0 radical (unpaired) electrons. The molecule has 0 atom stereocenters. The maximum atomic E-state index is 13.0. The first-order valence-electron chi connectivity index (χ1n) is 14.7. The highest BCUT2D eigenvalue weighted by molar-refractivity contribution is 6.05. The van der Waals surface area contributed by atoms with Crippen LogP contribution in [-0.4, -0.2) is 76.4 Å². The second-order valence-electron chi connectivity index (χ2n) is 10.6. The highest BCUT2D eigenvalue weighted by Gasteiger charge is 2.16. The zero-order chi connectivity index (χ0) is 33.1. The number of aliphatic hydroxyl groups excluding tert-OH is 2. The van der Waals surface area contributed by atoms with Gasteiger partial charge in [0.2, 0.25) is 0 Å². The lowest BCUT2D eigenvalue weighted by molar-refractivity contribution is 0.101. The number of alkyl carbamates (subject to hydrolysis) is 1. The van der Waals surface area contributed by atoms with Gasteiger partial charge in [-0.05, 0) is 78.5 Å². The first-order valence-corrected chi connectivity index (χ1v) is 14.7. The molecule has 0 fully saturated rings. The molecule has 5 N–H and O–H groups in total. The quantitative estimate of drug-likeness (QED) is 0.148. The Morgan fingerprint density at radius 3 is 1.78 bits per heavy atom. The van der Waals surface area contributed by atoms with E-state index in [9.17, 15) is 14.4 Å². The summed E-state index contributed by atoms with van der Waals surface area (Å²) in [4.78, 5) is 48.2. The molecule has 0 bridgehead atoms. The number of carbonyl (C=O) groups excluding carboxylic acids is 3. The average Bonchev–Trinajstić information content (AvgIpc) is 3.05. The molecule has 240 valence electrons. The molecule has 0 saturated heterocycles. The number of aliphatic hydroxyl groups is 2. The normalized spacial score (nSPS) is 10.8. The van der Waals surface area contributed by atoms with Crippen LogP contribution >= 0.6 is 0 Å². The van der Waals surface area contributed by atoms with Crippen LogP contribution in [-0.2, 0) is 17.8 Å². The fourth-order valence-electron chi connectivity index (χ4n) is 4.74. The Hall–Kier alpha value is -5.17. The Labute approximate surface area is 267 Å². The van der Waals surface area contributed by atoms with Gasteiger partial charge in [0.15, 0.2) is 0 Å². The third-order valence-corrected chi connectivity index (χ3v) is 7.26. The van der Waals surface area contributed by atoms with E-state index in [0.29, 0.717) is 30.0 Å². The Bertz CT molecular complexity index is 1660. The van der Waals surface area contributed by atoms with Crippen molar-refractivity contribution in [2.75, 3.05) is 44.0 Å². The van der Waals surface area contributed by atoms with Gasteiger partial charge in [-0.1, -0.05) is 36.4 Å². The van der Waals surface area contributed by atoms with E-state index >= 15 is 0 Å². The summed E-state index contributed by atoms with van der Waals surface area (Å²) in [5.41, 5.74) is 6.85. The van der Waals surface area contributed by atoms with Crippen LogP contribution in [0.15, 0.2) is 73.1 Å². The number of anilines is 2. The summed E-state index contributed by atoms with van der Waals surface area (Å²) in [5.74, 6) is -0.720. The minimum atomic E-state index is -0.656. The van der Waals surface area contributed by atoms with Gasteiger partial charge in [0.05, 0.1) is 13.2 Å².